The lowest BCUT2D eigenvalue weighted by Crippen LogP contribution is -2.55. The van der Waals surface area contributed by atoms with Crippen molar-refractivity contribution >= 4 is 132 Å². The van der Waals surface area contributed by atoms with Crippen molar-refractivity contribution in [2.24, 2.45) is 0 Å². The zero-order chi connectivity index (χ0) is 33.8. The van der Waals surface area contributed by atoms with Gasteiger partial charge in [-0.1, -0.05) is 77.7 Å². The molecule has 0 N–H and O–H groups in total. The van der Waals surface area contributed by atoms with Crippen LogP contribution in [0.5, 0.6) is 0 Å². The lowest BCUT2D eigenvalue weighted by molar-refractivity contribution is 0.668. The van der Waals surface area contributed by atoms with Gasteiger partial charge in [0.05, 0.1) is 22.1 Å². The molecular weight excluding hydrogens is 603 g/mol. The van der Waals surface area contributed by atoms with Crippen molar-refractivity contribution in [2.75, 3.05) is 0 Å². The van der Waals surface area contributed by atoms with E-state index in [4.69, 9.17) is 43.6 Å². The van der Waals surface area contributed by atoms with Gasteiger partial charge in [-0.15, -0.1) is 16.4 Å². The Morgan fingerprint density at radius 3 is 1.48 bits per heavy atom. The smallest absolute Gasteiger partial charge is 0.137 e. The molecule has 3 heterocycles. The molecule has 8 heteroatoms. The normalized spacial score (nSPS) is 12.0. The first kappa shape index (κ1) is 29.2. The van der Waals surface area contributed by atoms with Crippen LogP contribution in [-0.4, -0.2) is 48.4 Å². The van der Waals surface area contributed by atoms with Gasteiger partial charge < -0.3 is 13.6 Å². The first-order valence-corrected chi connectivity index (χ1v) is 16.4. The number of fused-ring (bicyclic) bond motifs is 10. The van der Waals surface area contributed by atoms with Crippen LogP contribution in [0, 0.1) is 0 Å². The SMILES string of the molecule is [B]c1c([B])c([B])c(-c2ccc(-n3c4ccccc4c4c5c6ccccc6n(-c6ccc7c(c6)oc6ccccc67)c5ccc43)cc2)c([B])c1[B]. The molecule has 0 aliphatic heterocycles. The summed E-state index contributed by atoms with van der Waals surface area (Å²) in [7, 11) is 31.2. The highest BCUT2D eigenvalue weighted by molar-refractivity contribution is 6.68. The fraction of sp³-hybridized carbons (Fsp3) is 0. The first-order valence-electron chi connectivity index (χ1n) is 16.4. The van der Waals surface area contributed by atoms with E-state index in [2.05, 4.69) is 106 Å². The van der Waals surface area contributed by atoms with Crippen molar-refractivity contribution in [3.63, 3.8) is 0 Å². The number of para-hydroxylation sites is 3. The average molecular weight is 624 g/mol. The van der Waals surface area contributed by atoms with Crippen molar-refractivity contribution in [2.45, 2.75) is 0 Å². The summed E-state index contributed by atoms with van der Waals surface area (Å²) in [5.74, 6) is 0. The molecule has 220 valence electrons. The number of furan rings is 1. The molecule has 0 aliphatic rings. The molecule has 0 fully saturated rings. The molecule has 0 bridgehead atoms. The minimum absolute atomic E-state index is 0.202. The lowest BCUT2D eigenvalue weighted by atomic mass is 9.60. The Hall–Kier alpha value is -5.74. The van der Waals surface area contributed by atoms with E-state index < -0.39 is 0 Å². The van der Waals surface area contributed by atoms with Crippen LogP contribution in [-0.2, 0) is 0 Å². The van der Waals surface area contributed by atoms with Gasteiger partial charge in [0, 0.05) is 49.8 Å². The molecule has 7 aromatic carbocycles. The van der Waals surface area contributed by atoms with Gasteiger partial charge in [-0.3, -0.25) is 0 Å². The summed E-state index contributed by atoms with van der Waals surface area (Å²) in [5.41, 5.74) is 10.9. The van der Waals surface area contributed by atoms with E-state index in [-0.39, 0.29) is 16.4 Å². The Bertz CT molecular complexity index is 3010. The van der Waals surface area contributed by atoms with Gasteiger partial charge in [-0.25, -0.2) is 0 Å². The molecule has 10 rings (SSSR count). The van der Waals surface area contributed by atoms with Gasteiger partial charge in [0.25, 0.3) is 0 Å². The first-order chi connectivity index (χ1) is 24.4. The molecule has 3 nitrogen and oxygen atoms in total. The van der Waals surface area contributed by atoms with Crippen LogP contribution >= 0.6 is 0 Å². The predicted octanol–water partition coefficient (Wildman–Crippen LogP) is 5.42. The van der Waals surface area contributed by atoms with Gasteiger partial charge in [-0.2, -0.15) is 0 Å². The van der Waals surface area contributed by atoms with Crippen LogP contribution in [0.4, 0.5) is 0 Å². The van der Waals surface area contributed by atoms with Crippen LogP contribution in [0.25, 0.3) is 88.1 Å². The second-order valence-electron chi connectivity index (χ2n) is 12.8. The summed E-state index contributed by atoms with van der Waals surface area (Å²) in [5, 5.41) is 6.96. The van der Waals surface area contributed by atoms with Crippen molar-refractivity contribution in [3.8, 4) is 22.5 Å². The number of hydrogen-bond acceptors (Lipinski definition) is 1. The summed E-state index contributed by atoms with van der Waals surface area (Å²) < 4.78 is 11.0. The van der Waals surface area contributed by atoms with Crippen molar-refractivity contribution in [3.05, 3.63) is 127 Å². The van der Waals surface area contributed by atoms with Crippen LogP contribution in [0.15, 0.2) is 132 Å². The van der Waals surface area contributed by atoms with Crippen LogP contribution in [0.3, 0.4) is 0 Å². The fourth-order valence-corrected chi connectivity index (χ4v) is 7.87. The topological polar surface area (TPSA) is 23.0 Å². The summed E-state index contributed by atoms with van der Waals surface area (Å²) in [6.45, 7) is 0. The summed E-state index contributed by atoms with van der Waals surface area (Å²) in [4.78, 5) is 0. The molecule has 0 unspecified atom stereocenters. The van der Waals surface area contributed by atoms with Gasteiger partial charge in [0.15, 0.2) is 0 Å². The highest BCUT2D eigenvalue weighted by Gasteiger charge is 2.21. The number of benzene rings is 7. The van der Waals surface area contributed by atoms with Gasteiger partial charge in [0.2, 0.25) is 0 Å². The van der Waals surface area contributed by atoms with Crippen molar-refractivity contribution in [1.82, 2.24) is 9.13 Å². The van der Waals surface area contributed by atoms with Gasteiger partial charge in [0.1, 0.15) is 50.4 Å². The second kappa shape index (κ2) is 10.6. The molecular formula is C42H21B5N2O. The van der Waals surface area contributed by atoms with Crippen molar-refractivity contribution < 1.29 is 4.42 Å². The summed E-state index contributed by atoms with van der Waals surface area (Å²) in [6.07, 6.45) is 0. The van der Waals surface area contributed by atoms with E-state index in [1.165, 1.54) is 21.5 Å². The van der Waals surface area contributed by atoms with Crippen molar-refractivity contribution in [1.29, 1.82) is 0 Å². The number of rotatable bonds is 3. The molecule has 0 saturated heterocycles. The predicted molar refractivity (Wildman–Crippen MR) is 215 cm³/mol. The lowest BCUT2D eigenvalue weighted by Gasteiger charge is -2.21. The average Bonchev–Trinajstić information content (AvgIpc) is 3.80. The number of hydrogen-bond donors (Lipinski definition) is 0. The third-order valence-electron chi connectivity index (χ3n) is 10.2. The van der Waals surface area contributed by atoms with E-state index in [0.717, 1.165) is 60.9 Å². The standard InChI is InChI=1S/C42H21B5N2O/c43-38-35(39(44)41(46)42(47)40(38)45)22-13-15-23(16-14-22)48-29-10-4-1-8-27(29)36-31(48)19-20-32-37(36)28-9-2-5-11-30(28)49(32)24-17-18-26-25-7-3-6-12-33(25)50-34(26)21-24/h1-21H. The van der Waals surface area contributed by atoms with E-state index in [9.17, 15) is 0 Å². The Morgan fingerprint density at radius 1 is 0.380 bits per heavy atom. The molecule has 50 heavy (non-hydrogen) atoms. The zero-order valence-electron chi connectivity index (χ0n) is 26.8. The monoisotopic (exact) mass is 624 g/mol. The maximum atomic E-state index is 6.40. The quantitative estimate of drug-likeness (QED) is 0.241. The maximum absolute atomic E-state index is 6.40. The number of aromatic nitrogens is 2. The Kier molecular flexibility index (Phi) is 6.21. The highest BCUT2D eigenvalue weighted by atomic mass is 16.3. The third kappa shape index (κ3) is 3.93. The van der Waals surface area contributed by atoms with E-state index >= 15 is 0 Å². The van der Waals surface area contributed by atoms with Crippen LogP contribution in [0.2, 0.25) is 0 Å². The van der Waals surface area contributed by atoms with Gasteiger partial charge >= 0.3 is 0 Å². The third-order valence-corrected chi connectivity index (χ3v) is 10.2. The summed E-state index contributed by atoms with van der Waals surface area (Å²) >= 11 is 0. The molecule has 10 aromatic rings. The highest BCUT2D eigenvalue weighted by Crippen LogP contribution is 2.43. The fourth-order valence-electron chi connectivity index (χ4n) is 7.87. The Morgan fingerprint density at radius 2 is 0.860 bits per heavy atom. The van der Waals surface area contributed by atoms with Crippen LogP contribution < -0.4 is 27.3 Å². The second-order valence-corrected chi connectivity index (χ2v) is 12.8. The van der Waals surface area contributed by atoms with E-state index in [0.29, 0.717) is 16.5 Å². The minimum atomic E-state index is 0.202. The number of nitrogens with zero attached hydrogens (tertiary/aromatic N) is 2. The minimum Gasteiger partial charge on any atom is -0.456 e. The molecule has 10 radical (unpaired) electrons. The Labute approximate surface area is 294 Å². The maximum Gasteiger partial charge on any atom is 0.137 e. The molecule has 0 saturated carbocycles. The molecule has 0 amide bonds. The molecule has 0 atom stereocenters. The zero-order valence-corrected chi connectivity index (χ0v) is 26.8. The Balaban J connectivity index is 1.22. The summed E-state index contributed by atoms with van der Waals surface area (Å²) in [6, 6.07) is 44.4. The largest absolute Gasteiger partial charge is 0.456 e. The molecule has 0 spiro atoms. The van der Waals surface area contributed by atoms with Gasteiger partial charge in [-0.05, 0) is 65.7 Å². The van der Waals surface area contributed by atoms with E-state index in [1.54, 1.807) is 0 Å². The molecule has 0 aliphatic carbocycles. The van der Waals surface area contributed by atoms with Crippen LogP contribution in [0.1, 0.15) is 0 Å². The molecule has 3 aromatic heterocycles. The van der Waals surface area contributed by atoms with E-state index in [1.807, 2.05) is 30.3 Å².